The first-order valence-electron chi connectivity index (χ1n) is 7.26. The van der Waals surface area contributed by atoms with Gasteiger partial charge in [0, 0.05) is 13.2 Å². The lowest BCUT2D eigenvalue weighted by atomic mass is 10.0. The van der Waals surface area contributed by atoms with E-state index in [1.165, 1.54) is 0 Å². The maximum atomic E-state index is 12.2. The highest BCUT2D eigenvalue weighted by Crippen LogP contribution is 2.25. The van der Waals surface area contributed by atoms with Crippen molar-refractivity contribution >= 4 is 5.97 Å². The Morgan fingerprint density at radius 3 is 2.75 bits per heavy atom. The summed E-state index contributed by atoms with van der Waals surface area (Å²) in [7, 11) is 1.73. The van der Waals surface area contributed by atoms with E-state index in [1.54, 1.807) is 7.11 Å². The maximum Gasteiger partial charge on any atom is 0.327 e. The molecular formula is C16H23NO3. The maximum absolute atomic E-state index is 12.2. The lowest BCUT2D eigenvalue weighted by molar-refractivity contribution is -0.146. The fourth-order valence-corrected chi connectivity index (χ4v) is 2.78. The molecule has 20 heavy (non-hydrogen) atoms. The second-order valence-electron chi connectivity index (χ2n) is 5.07. The van der Waals surface area contributed by atoms with Crippen LogP contribution in [0, 0.1) is 0 Å². The fourth-order valence-electron chi connectivity index (χ4n) is 2.78. The monoisotopic (exact) mass is 277 g/mol. The van der Waals surface area contributed by atoms with Gasteiger partial charge in [-0.2, -0.15) is 0 Å². The van der Waals surface area contributed by atoms with Crippen molar-refractivity contribution < 1.29 is 14.3 Å². The first-order chi connectivity index (χ1) is 9.76. The van der Waals surface area contributed by atoms with Gasteiger partial charge in [0.25, 0.3) is 0 Å². The molecule has 1 saturated carbocycles. The van der Waals surface area contributed by atoms with Crippen molar-refractivity contribution in [1.82, 2.24) is 5.32 Å². The van der Waals surface area contributed by atoms with Crippen molar-refractivity contribution in [3.63, 3.8) is 0 Å². The number of carbonyl (C=O) groups is 1. The van der Waals surface area contributed by atoms with Crippen LogP contribution < -0.4 is 5.32 Å². The molecule has 0 aromatic heterocycles. The van der Waals surface area contributed by atoms with Crippen LogP contribution >= 0.6 is 0 Å². The average molecular weight is 277 g/mol. The molecule has 4 nitrogen and oxygen atoms in total. The molecule has 0 aliphatic heterocycles. The summed E-state index contributed by atoms with van der Waals surface area (Å²) in [6.07, 6.45) is 3.37. The Bertz CT molecular complexity index is 421. The van der Waals surface area contributed by atoms with E-state index in [1.807, 2.05) is 37.3 Å². The molecule has 0 saturated heterocycles. The van der Waals surface area contributed by atoms with Crippen LogP contribution in [0.4, 0.5) is 0 Å². The third-order valence-electron chi connectivity index (χ3n) is 3.79. The molecule has 0 heterocycles. The smallest absolute Gasteiger partial charge is 0.327 e. The Balaban J connectivity index is 2.12. The first-order valence-corrected chi connectivity index (χ1v) is 7.26. The average Bonchev–Trinajstić information content (AvgIpc) is 2.93. The molecule has 3 unspecified atom stereocenters. The van der Waals surface area contributed by atoms with Crippen molar-refractivity contribution in [2.75, 3.05) is 13.7 Å². The number of carbonyl (C=O) groups excluding carboxylic acids is 1. The van der Waals surface area contributed by atoms with Gasteiger partial charge in [-0.3, -0.25) is 5.32 Å². The van der Waals surface area contributed by atoms with Gasteiger partial charge >= 0.3 is 5.97 Å². The van der Waals surface area contributed by atoms with E-state index in [-0.39, 0.29) is 18.1 Å². The van der Waals surface area contributed by atoms with Crippen molar-refractivity contribution in [3.8, 4) is 0 Å². The normalized spacial score (nSPS) is 23.5. The van der Waals surface area contributed by atoms with Gasteiger partial charge in [-0.1, -0.05) is 30.3 Å². The van der Waals surface area contributed by atoms with Gasteiger partial charge in [-0.15, -0.1) is 0 Å². The molecule has 4 heteroatoms. The summed E-state index contributed by atoms with van der Waals surface area (Å²) in [5.74, 6) is -0.222. The molecule has 1 aliphatic rings. The SMILES string of the molecule is CCOC(=O)C(NC1CCCC1OC)c1ccccc1. The second-order valence-corrected chi connectivity index (χ2v) is 5.07. The summed E-state index contributed by atoms with van der Waals surface area (Å²) in [6.45, 7) is 2.22. The zero-order valence-electron chi connectivity index (χ0n) is 12.2. The standard InChI is InChI=1S/C16H23NO3/c1-3-20-16(18)15(12-8-5-4-6-9-12)17-13-10-7-11-14(13)19-2/h4-6,8-9,13-15,17H,3,7,10-11H2,1-2H3. The highest BCUT2D eigenvalue weighted by molar-refractivity contribution is 5.77. The molecule has 1 aliphatic carbocycles. The van der Waals surface area contributed by atoms with Gasteiger partial charge < -0.3 is 9.47 Å². The molecule has 3 atom stereocenters. The van der Waals surface area contributed by atoms with E-state index < -0.39 is 6.04 Å². The highest BCUT2D eigenvalue weighted by atomic mass is 16.5. The van der Waals surface area contributed by atoms with E-state index in [0.717, 1.165) is 24.8 Å². The molecule has 1 aromatic carbocycles. The summed E-state index contributed by atoms with van der Waals surface area (Å²) in [4.78, 5) is 12.2. The zero-order chi connectivity index (χ0) is 14.4. The van der Waals surface area contributed by atoms with Gasteiger partial charge in [0.15, 0.2) is 0 Å². The molecule has 2 rings (SSSR count). The van der Waals surface area contributed by atoms with Crippen molar-refractivity contribution in [3.05, 3.63) is 35.9 Å². The Morgan fingerprint density at radius 2 is 2.10 bits per heavy atom. The van der Waals surface area contributed by atoms with Gasteiger partial charge in [0.1, 0.15) is 6.04 Å². The molecule has 1 aromatic rings. The van der Waals surface area contributed by atoms with E-state index in [0.29, 0.717) is 6.61 Å². The molecule has 1 N–H and O–H groups in total. The number of nitrogens with one attached hydrogen (secondary N) is 1. The van der Waals surface area contributed by atoms with Crippen LogP contribution in [-0.4, -0.2) is 31.8 Å². The minimum absolute atomic E-state index is 0.177. The van der Waals surface area contributed by atoms with E-state index in [4.69, 9.17) is 9.47 Å². The summed E-state index contributed by atoms with van der Waals surface area (Å²) in [5.41, 5.74) is 0.938. The van der Waals surface area contributed by atoms with Gasteiger partial charge in [-0.05, 0) is 31.7 Å². The summed E-state index contributed by atoms with van der Waals surface area (Å²) >= 11 is 0. The third kappa shape index (κ3) is 3.58. The third-order valence-corrected chi connectivity index (χ3v) is 3.79. The number of benzene rings is 1. The quantitative estimate of drug-likeness (QED) is 0.811. The van der Waals surface area contributed by atoms with Gasteiger partial charge in [0.2, 0.25) is 0 Å². The topological polar surface area (TPSA) is 47.6 Å². The number of esters is 1. The predicted octanol–water partition coefficient (Wildman–Crippen LogP) is 2.45. The number of rotatable bonds is 6. The molecule has 1 fully saturated rings. The molecule has 0 amide bonds. The minimum Gasteiger partial charge on any atom is -0.465 e. The van der Waals surface area contributed by atoms with Gasteiger partial charge in [0.05, 0.1) is 12.7 Å². The molecule has 0 bridgehead atoms. The van der Waals surface area contributed by atoms with E-state index in [9.17, 15) is 4.79 Å². The number of hydrogen-bond acceptors (Lipinski definition) is 4. The van der Waals surface area contributed by atoms with Crippen LogP contribution in [-0.2, 0) is 14.3 Å². The lowest BCUT2D eigenvalue weighted by Crippen LogP contribution is -2.42. The Kier molecular flexibility index (Phi) is 5.56. The van der Waals surface area contributed by atoms with Crippen molar-refractivity contribution in [1.29, 1.82) is 0 Å². The van der Waals surface area contributed by atoms with Crippen LogP contribution in [0.15, 0.2) is 30.3 Å². The molecule has 0 spiro atoms. The van der Waals surface area contributed by atoms with Crippen molar-refractivity contribution in [2.24, 2.45) is 0 Å². The fraction of sp³-hybridized carbons (Fsp3) is 0.562. The zero-order valence-corrected chi connectivity index (χ0v) is 12.2. The minimum atomic E-state index is -0.420. The number of ether oxygens (including phenoxy) is 2. The molecule has 0 radical (unpaired) electrons. The van der Waals surface area contributed by atoms with Crippen LogP contribution in [0.5, 0.6) is 0 Å². The second kappa shape index (κ2) is 7.41. The summed E-state index contributed by atoms with van der Waals surface area (Å²) < 4.78 is 10.7. The van der Waals surface area contributed by atoms with Crippen LogP contribution in [0.3, 0.4) is 0 Å². The van der Waals surface area contributed by atoms with Crippen molar-refractivity contribution in [2.45, 2.75) is 44.4 Å². The molecule has 110 valence electrons. The molecular weight excluding hydrogens is 254 g/mol. The largest absolute Gasteiger partial charge is 0.465 e. The Labute approximate surface area is 120 Å². The van der Waals surface area contributed by atoms with Crippen LogP contribution in [0.1, 0.15) is 37.8 Å². The first kappa shape index (κ1) is 15.0. The summed E-state index contributed by atoms with van der Waals surface area (Å²) in [6, 6.07) is 9.50. The number of methoxy groups -OCH3 is 1. The van der Waals surface area contributed by atoms with E-state index >= 15 is 0 Å². The van der Waals surface area contributed by atoms with E-state index in [2.05, 4.69) is 5.32 Å². The van der Waals surface area contributed by atoms with Crippen LogP contribution in [0.25, 0.3) is 0 Å². The highest BCUT2D eigenvalue weighted by Gasteiger charge is 2.32. The predicted molar refractivity (Wildman–Crippen MR) is 77.4 cm³/mol. The Hall–Kier alpha value is -1.39. The summed E-state index contributed by atoms with van der Waals surface area (Å²) in [5, 5.41) is 3.42. The number of hydrogen-bond donors (Lipinski definition) is 1. The van der Waals surface area contributed by atoms with Crippen LogP contribution in [0.2, 0.25) is 0 Å². The Morgan fingerprint density at radius 1 is 1.35 bits per heavy atom. The van der Waals surface area contributed by atoms with Gasteiger partial charge in [-0.25, -0.2) is 4.79 Å². The lowest BCUT2D eigenvalue weighted by Gasteiger charge is -2.25.